The number of hydrogen-bond donors (Lipinski definition) is 1. The molecule has 0 radical (unpaired) electrons. The molecule has 0 bridgehead atoms. The zero-order valence-electron chi connectivity index (χ0n) is 17.6. The van der Waals surface area contributed by atoms with E-state index in [2.05, 4.69) is 9.71 Å². The Bertz CT molecular complexity index is 1330. The largest absolute Gasteiger partial charge is 0.416 e. The van der Waals surface area contributed by atoms with Gasteiger partial charge >= 0.3 is 6.18 Å². The first-order chi connectivity index (χ1) is 15.6. The van der Waals surface area contributed by atoms with Crippen molar-refractivity contribution >= 4 is 33.0 Å². The van der Waals surface area contributed by atoms with E-state index < -0.39 is 21.8 Å². The lowest BCUT2D eigenvalue weighted by molar-refractivity contribution is -0.137. The molecule has 0 saturated heterocycles. The quantitative estimate of drug-likeness (QED) is 0.466. The van der Waals surface area contributed by atoms with Crippen LogP contribution in [0.2, 0.25) is 5.02 Å². The first-order valence-electron chi connectivity index (χ1n) is 10.3. The van der Waals surface area contributed by atoms with Gasteiger partial charge in [-0.15, -0.1) is 0 Å². The summed E-state index contributed by atoms with van der Waals surface area (Å²) in [7, 11) is -3.85. The molecule has 0 unspecified atom stereocenters. The lowest BCUT2D eigenvalue weighted by Crippen LogP contribution is -2.17. The number of hydrogen-bond acceptors (Lipinski definition) is 3. The van der Waals surface area contributed by atoms with Gasteiger partial charge in [0, 0.05) is 28.4 Å². The normalized spacial score (nSPS) is 13.9. The first-order valence-corrected chi connectivity index (χ1v) is 12.1. The molecule has 33 heavy (non-hydrogen) atoms. The van der Waals surface area contributed by atoms with Gasteiger partial charge in [-0.25, -0.2) is 8.42 Å². The highest BCUT2D eigenvalue weighted by Crippen LogP contribution is 2.32. The average molecular weight is 493 g/mol. The fourth-order valence-corrected chi connectivity index (χ4v) is 5.62. The first kappa shape index (κ1) is 23.3. The minimum Gasteiger partial charge on any atom is -0.284 e. The van der Waals surface area contributed by atoms with Gasteiger partial charge < -0.3 is 0 Å². The van der Waals surface area contributed by atoms with E-state index in [4.69, 9.17) is 11.6 Å². The maximum Gasteiger partial charge on any atom is 0.416 e. The minimum absolute atomic E-state index is 0.118. The molecule has 1 aliphatic heterocycles. The highest BCUT2D eigenvalue weighted by atomic mass is 35.5. The number of alkyl halides is 3. The summed E-state index contributed by atoms with van der Waals surface area (Å²) in [6.07, 6.45) is -3.51. The van der Waals surface area contributed by atoms with Crippen molar-refractivity contribution in [3.05, 3.63) is 93.5 Å². The molecule has 0 aliphatic carbocycles. The average Bonchev–Trinajstić information content (AvgIpc) is 2.78. The van der Waals surface area contributed by atoms with Crippen LogP contribution >= 0.6 is 11.6 Å². The molecule has 3 aromatic rings. The third-order valence-electron chi connectivity index (χ3n) is 5.47. The summed E-state index contributed by atoms with van der Waals surface area (Å²) in [5.74, 6) is 0. The van der Waals surface area contributed by atoms with Crippen LogP contribution in [-0.4, -0.2) is 20.7 Å². The molecule has 0 fully saturated rings. The lowest BCUT2D eigenvalue weighted by atomic mass is 9.92. The second-order valence-corrected chi connectivity index (χ2v) is 9.66. The summed E-state index contributed by atoms with van der Waals surface area (Å²) in [6, 6.07) is 15.0. The van der Waals surface area contributed by atoms with Crippen LogP contribution < -0.4 is 4.72 Å². The maximum absolute atomic E-state index is 13.1. The molecule has 4 nitrogen and oxygen atoms in total. The van der Waals surface area contributed by atoms with Crippen molar-refractivity contribution in [3.8, 4) is 0 Å². The number of nitrogens with one attached hydrogen (secondary N) is 1. The molecule has 0 amide bonds. The number of nitrogens with zero attached hydrogens (tertiary/aromatic N) is 1. The summed E-state index contributed by atoms with van der Waals surface area (Å²) in [5.41, 5.74) is 2.72. The SMILES string of the molecule is CCc1c(Cl)cccc1S(=O)(=O)Nc1ccc(C2=NCCc3cc(C(F)(F)F)ccc32)cc1. The third kappa shape index (κ3) is 4.77. The Kier molecular flexibility index (Phi) is 6.24. The molecule has 0 spiro atoms. The predicted octanol–water partition coefficient (Wildman–Crippen LogP) is 6.12. The highest BCUT2D eigenvalue weighted by Gasteiger charge is 2.31. The van der Waals surface area contributed by atoms with Crippen molar-refractivity contribution in [2.45, 2.75) is 30.8 Å². The molecule has 3 aromatic carbocycles. The standard InChI is InChI=1S/C24H20ClF3N2O2S/c1-2-19-21(25)4-3-5-22(19)33(31,32)30-18-9-6-15(7-10-18)23-20-11-8-17(24(26,27)28)14-16(20)12-13-29-23/h3-11,14,30H,2,12-13H2,1H3. The molecule has 1 aliphatic rings. The van der Waals surface area contributed by atoms with Crippen LogP contribution in [0.3, 0.4) is 0 Å². The topological polar surface area (TPSA) is 58.5 Å². The van der Waals surface area contributed by atoms with Crippen LogP contribution in [0.1, 0.15) is 34.7 Å². The Morgan fingerprint density at radius 2 is 1.79 bits per heavy atom. The van der Waals surface area contributed by atoms with Gasteiger partial charge in [0.15, 0.2) is 0 Å². The van der Waals surface area contributed by atoms with E-state index in [1.807, 2.05) is 6.92 Å². The molecule has 0 aromatic heterocycles. The summed E-state index contributed by atoms with van der Waals surface area (Å²) in [6.45, 7) is 2.21. The summed E-state index contributed by atoms with van der Waals surface area (Å²) in [4.78, 5) is 4.62. The number of fused-ring (bicyclic) bond motifs is 1. The molecule has 0 atom stereocenters. The molecule has 4 rings (SSSR count). The van der Waals surface area contributed by atoms with Crippen molar-refractivity contribution in [1.29, 1.82) is 0 Å². The van der Waals surface area contributed by atoms with Crippen LogP contribution in [0.25, 0.3) is 0 Å². The van der Waals surface area contributed by atoms with Gasteiger partial charge in [-0.05, 0) is 60.4 Å². The number of sulfonamides is 1. The minimum atomic E-state index is -4.40. The van der Waals surface area contributed by atoms with Gasteiger partial charge in [0.25, 0.3) is 10.0 Å². The molecule has 0 saturated carbocycles. The highest BCUT2D eigenvalue weighted by molar-refractivity contribution is 7.92. The Morgan fingerprint density at radius 3 is 2.45 bits per heavy atom. The zero-order valence-corrected chi connectivity index (χ0v) is 19.2. The summed E-state index contributed by atoms with van der Waals surface area (Å²) < 4.78 is 67.6. The van der Waals surface area contributed by atoms with Crippen LogP contribution in [0.4, 0.5) is 18.9 Å². The van der Waals surface area contributed by atoms with Crippen LogP contribution in [0.5, 0.6) is 0 Å². The molecule has 1 heterocycles. The Balaban J connectivity index is 1.60. The molecular formula is C24H20ClF3N2O2S. The second kappa shape index (κ2) is 8.83. The van der Waals surface area contributed by atoms with Crippen molar-refractivity contribution < 1.29 is 21.6 Å². The smallest absolute Gasteiger partial charge is 0.284 e. The number of halogens is 4. The van der Waals surface area contributed by atoms with Crippen molar-refractivity contribution in [2.75, 3.05) is 11.3 Å². The Morgan fingerprint density at radius 1 is 1.06 bits per heavy atom. The lowest BCUT2D eigenvalue weighted by Gasteiger charge is -2.19. The number of aliphatic imine (C=N–C) groups is 1. The number of anilines is 1. The van der Waals surface area contributed by atoms with Gasteiger partial charge in [-0.2, -0.15) is 13.2 Å². The number of benzene rings is 3. The molecular weight excluding hydrogens is 473 g/mol. The zero-order chi connectivity index (χ0) is 23.8. The van der Waals surface area contributed by atoms with Gasteiger partial charge in [0.2, 0.25) is 0 Å². The Labute approximate surface area is 195 Å². The van der Waals surface area contributed by atoms with E-state index >= 15 is 0 Å². The summed E-state index contributed by atoms with van der Waals surface area (Å²) in [5, 5.41) is 0.387. The molecule has 172 valence electrons. The summed E-state index contributed by atoms with van der Waals surface area (Å²) >= 11 is 6.15. The second-order valence-electron chi connectivity index (χ2n) is 7.60. The van der Waals surface area contributed by atoms with Crippen molar-refractivity contribution in [2.24, 2.45) is 4.99 Å². The van der Waals surface area contributed by atoms with Gasteiger partial charge in [0.1, 0.15) is 0 Å². The van der Waals surface area contributed by atoms with E-state index in [0.717, 1.165) is 6.07 Å². The van der Waals surface area contributed by atoms with Gasteiger partial charge in [-0.3, -0.25) is 9.71 Å². The van der Waals surface area contributed by atoms with E-state index in [1.165, 1.54) is 18.2 Å². The van der Waals surface area contributed by atoms with E-state index in [9.17, 15) is 21.6 Å². The van der Waals surface area contributed by atoms with Gasteiger partial charge in [-0.1, -0.05) is 42.8 Å². The fourth-order valence-electron chi connectivity index (χ4n) is 3.87. The molecule has 9 heteroatoms. The maximum atomic E-state index is 13.1. The molecule has 1 N–H and O–H groups in total. The monoisotopic (exact) mass is 492 g/mol. The van der Waals surface area contributed by atoms with Crippen molar-refractivity contribution in [1.82, 2.24) is 0 Å². The fraction of sp³-hybridized carbons (Fsp3) is 0.208. The van der Waals surface area contributed by atoms with Crippen LogP contribution in [0.15, 0.2) is 70.6 Å². The van der Waals surface area contributed by atoms with Crippen LogP contribution in [0, 0.1) is 0 Å². The van der Waals surface area contributed by atoms with E-state index in [1.54, 1.807) is 36.4 Å². The third-order valence-corrected chi connectivity index (χ3v) is 7.29. The van der Waals surface area contributed by atoms with Crippen LogP contribution in [-0.2, 0) is 29.0 Å². The predicted molar refractivity (Wildman–Crippen MR) is 124 cm³/mol. The number of rotatable bonds is 5. The van der Waals surface area contributed by atoms with Gasteiger partial charge in [0.05, 0.1) is 16.2 Å². The van der Waals surface area contributed by atoms with E-state index in [0.29, 0.717) is 58.1 Å². The van der Waals surface area contributed by atoms with E-state index in [-0.39, 0.29) is 4.90 Å². The van der Waals surface area contributed by atoms with Crippen molar-refractivity contribution in [3.63, 3.8) is 0 Å². The Hall–Kier alpha value is -2.84.